The maximum absolute atomic E-state index is 6.15. The summed E-state index contributed by atoms with van der Waals surface area (Å²) < 4.78 is 6.15. The van der Waals surface area contributed by atoms with Crippen molar-refractivity contribution < 1.29 is 4.74 Å². The highest BCUT2D eigenvalue weighted by Crippen LogP contribution is 2.39. The van der Waals surface area contributed by atoms with Gasteiger partial charge >= 0.3 is 0 Å². The minimum Gasteiger partial charge on any atom is -0.369 e. The van der Waals surface area contributed by atoms with E-state index in [0.717, 1.165) is 32.4 Å². The fraction of sp³-hybridized carbons (Fsp3) is 0.529. The molecule has 0 fully saturated rings. The van der Waals surface area contributed by atoms with Gasteiger partial charge in [0.05, 0.1) is 12.3 Å². The van der Waals surface area contributed by atoms with Gasteiger partial charge < -0.3 is 14.6 Å². The van der Waals surface area contributed by atoms with Crippen molar-refractivity contribution in [1.29, 1.82) is 0 Å². The van der Waals surface area contributed by atoms with Gasteiger partial charge in [0, 0.05) is 10.9 Å². The number of para-hydroxylation sites is 1. The molecule has 0 saturated carbocycles. The third-order valence-corrected chi connectivity index (χ3v) is 4.37. The van der Waals surface area contributed by atoms with E-state index in [9.17, 15) is 0 Å². The summed E-state index contributed by atoms with van der Waals surface area (Å²) in [6.45, 7) is 4.16. The van der Waals surface area contributed by atoms with E-state index in [1.807, 2.05) is 0 Å². The number of rotatable bonds is 4. The molecule has 1 N–H and O–H groups in total. The van der Waals surface area contributed by atoms with E-state index in [0.29, 0.717) is 0 Å². The van der Waals surface area contributed by atoms with Crippen LogP contribution >= 0.6 is 0 Å². The molecule has 1 aliphatic rings. The van der Waals surface area contributed by atoms with Gasteiger partial charge in [0.1, 0.15) is 5.60 Å². The van der Waals surface area contributed by atoms with E-state index in [4.69, 9.17) is 4.74 Å². The normalized spacial score (nSPS) is 22.4. The Morgan fingerprint density at radius 2 is 2.10 bits per heavy atom. The Balaban J connectivity index is 1.92. The van der Waals surface area contributed by atoms with Crippen LogP contribution in [0, 0.1) is 0 Å². The van der Waals surface area contributed by atoms with Crippen molar-refractivity contribution in [3.63, 3.8) is 0 Å². The van der Waals surface area contributed by atoms with E-state index in [2.05, 4.69) is 55.2 Å². The predicted molar refractivity (Wildman–Crippen MR) is 83.1 cm³/mol. The molecule has 3 heteroatoms. The SMILES string of the molecule is CN(C)CCCC1(C)OCCc2c1[nH]c1ccccc21. The summed E-state index contributed by atoms with van der Waals surface area (Å²) in [6.07, 6.45) is 3.23. The fourth-order valence-corrected chi connectivity index (χ4v) is 3.29. The Labute approximate surface area is 120 Å². The van der Waals surface area contributed by atoms with Crippen LogP contribution in [0.15, 0.2) is 24.3 Å². The van der Waals surface area contributed by atoms with Crippen molar-refractivity contribution in [2.75, 3.05) is 27.2 Å². The molecular formula is C17H24N2O. The lowest BCUT2D eigenvalue weighted by Gasteiger charge is -2.34. The lowest BCUT2D eigenvalue weighted by molar-refractivity contribution is -0.0566. The molecule has 1 aliphatic heterocycles. The van der Waals surface area contributed by atoms with Gasteiger partial charge in [0.15, 0.2) is 0 Å². The number of aromatic amines is 1. The highest BCUT2D eigenvalue weighted by Gasteiger charge is 2.35. The number of aromatic nitrogens is 1. The third kappa shape index (κ3) is 2.36. The molecule has 3 rings (SSSR count). The molecule has 0 amide bonds. The van der Waals surface area contributed by atoms with Gasteiger partial charge in [-0.15, -0.1) is 0 Å². The summed E-state index contributed by atoms with van der Waals surface area (Å²) in [7, 11) is 4.25. The number of nitrogens with one attached hydrogen (secondary N) is 1. The zero-order chi connectivity index (χ0) is 14.2. The molecule has 2 heterocycles. The van der Waals surface area contributed by atoms with Gasteiger partial charge in [-0.2, -0.15) is 0 Å². The van der Waals surface area contributed by atoms with E-state index in [-0.39, 0.29) is 5.60 Å². The van der Waals surface area contributed by atoms with Crippen LogP contribution in [0.1, 0.15) is 31.0 Å². The first-order chi connectivity index (χ1) is 9.60. The van der Waals surface area contributed by atoms with Crippen LogP contribution in [-0.4, -0.2) is 37.1 Å². The summed E-state index contributed by atoms with van der Waals surface area (Å²) in [6, 6.07) is 8.59. The smallest absolute Gasteiger partial charge is 0.105 e. The third-order valence-electron chi connectivity index (χ3n) is 4.37. The Bertz CT molecular complexity index is 602. The van der Waals surface area contributed by atoms with E-state index >= 15 is 0 Å². The van der Waals surface area contributed by atoms with Crippen molar-refractivity contribution in [3.8, 4) is 0 Å². The molecule has 0 saturated heterocycles. The first kappa shape index (κ1) is 13.7. The van der Waals surface area contributed by atoms with Crippen molar-refractivity contribution in [2.24, 2.45) is 0 Å². The molecule has 0 bridgehead atoms. The number of ether oxygens (including phenoxy) is 1. The largest absolute Gasteiger partial charge is 0.369 e. The van der Waals surface area contributed by atoms with Crippen molar-refractivity contribution in [2.45, 2.75) is 31.8 Å². The number of nitrogens with zero attached hydrogens (tertiary/aromatic N) is 1. The number of H-pyrrole nitrogens is 1. The van der Waals surface area contributed by atoms with Crippen LogP contribution < -0.4 is 0 Å². The maximum Gasteiger partial charge on any atom is 0.105 e. The molecule has 1 unspecified atom stereocenters. The molecule has 2 aromatic rings. The lowest BCUT2D eigenvalue weighted by atomic mass is 9.89. The first-order valence-corrected chi connectivity index (χ1v) is 7.49. The van der Waals surface area contributed by atoms with E-state index in [1.165, 1.54) is 22.2 Å². The maximum atomic E-state index is 6.15. The monoisotopic (exact) mass is 272 g/mol. The molecule has 1 aromatic carbocycles. The Morgan fingerprint density at radius 1 is 1.30 bits per heavy atom. The second-order valence-electron chi connectivity index (χ2n) is 6.26. The summed E-state index contributed by atoms with van der Waals surface area (Å²) in [5.41, 5.74) is 3.83. The molecule has 0 radical (unpaired) electrons. The van der Waals surface area contributed by atoms with Crippen molar-refractivity contribution >= 4 is 10.9 Å². The van der Waals surface area contributed by atoms with Gasteiger partial charge in [-0.25, -0.2) is 0 Å². The Hall–Kier alpha value is -1.32. The quantitative estimate of drug-likeness (QED) is 0.925. The summed E-state index contributed by atoms with van der Waals surface area (Å²) in [5, 5.41) is 1.37. The van der Waals surface area contributed by atoms with Gasteiger partial charge in [0.2, 0.25) is 0 Å². The van der Waals surface area contributed by atoms with Crippen LogP contribution in [0.3, 0.4) is 0 Å². The number of benzene rings is 1. The zero-order valence-corrected chi connectivity index (χ0v) is 12.7. The second-order valence-corrected chi connectivity index (χ2v) is 6.26. The van der Waals surface area contributed by atoms with Crippen LogP contribution in [-0.2, 0) is 16.8 Å². The Kier molecular flexibility index (Phi) is 3.57. The number of hydrogen-bond acceptors (Lipinski definition) is 2. The van der Waals surface area contributed by atoms with Gasteiger partial charge in [-0.3, -0.25) is 0 Å². The topological polar surface area (TPSA) is 28.3 Å². The summed E-state index contributed by atoms with van der Waals surface area (Å²) in [5.74, 6) is 0. The molecule has 20 heavy (non-hydrogen) atoms. The summed E-state index contributed by atoms with van der Waals surface area (Å²) in [4.78, 5) is 5.84. The number of fused-ring (bicyclic) bond motifs is 3. The first-order valence-electron chi connectivity index (χ1n) is 7.49. The molecule has 0 spiro atoms. The van der Waals surface area contributed by atoms with Gasteiger partial charge in [0.25, 0.3) is 0 Å². The van der Waals surface area contributed by atoms with Crippen LogP contribution in [0.5, 0.6) is 0 Å². The van der Waals surface area contributed by atoms with Crippen LogP contribution in [0.4, 0.5) is 0 Å². The summed E-state index contributed by atoms with van der Waals surface area (Å²) >= 11 is 0. The van der Waals surface area contributed by atoms with Gasteiger partial charge in [-0.05, 0) is 58.5 Å². The molecule has 1 atom stereocenters. The van der Waals surface area contributed by atoms with Gasteiger partial charge in [-0.1, -0.05) is 18.2 Å². The lowest BCUT2D eigenvalue weighted by Crippen LogP contribution is -2.33. The molecule has 3 nitrogen and oxygen atoms in total. The second kappa shape index (κ2) is 5.23. The van der Waals surface area contributed by atoms with E-state index < -0.39 is 0 Å². The molecule has 1 aromatic heterocycles. The zero-order valence-electron chi connectivity index (χ0n) is 12.7. The van der Waals surface area contributed by atoms with Crippen molar-refractivity contribution in [3.05, 3.63) is 35.5 Å². The highest BCUT2D eigenvalue weighted by molar-refractivity contribution is 5.85. The van der Waals surface area contributed by atoms with Crippen molar-refractivity contribution in [1.82, 2.24) is 9.88 Å². The molecular weight excluding hydrogens is 248 g/mol. The highest BCUT2D eigenvalue weighted by atomic mass is 16.5. The minimum absolute atomic E-state index is 0.164. The Morgan fingerprint density at radius 3 is 2.90 bits per heavy atom. The van der Waals surface area contributed by atoms with E-state index in [1.54, 1.807) is 0 Å². The molecule has 0 aliphatic carbocycles. The average Bonchev–Trinajstić information content (AvgIpc) is 2.79. The molecule has 108 valence electrons. The van der Waals surface area contributed by atoms with Crippen LogP contribution in [0.2, 0.25) is 0 Å². The van der Waals surface area contributed by atoms with Crippen LogP contribution in [0.25, 0.3) is 10.9 Å². The minimum atomic E-state index is -0.164. The standard InChI is InChI=1S/C17H24N2O/c1-17(10-6-11-19(2)3)16-14(9-12-20-17)13-7-4-5-8-15(13)18-16/h4-5,7-8,18H,6,9-12H2,1-3H3. The fourth-order valence-electron chi connectivity index (χ4n) is 3.29. The average molecular weight is 272 g/mol. The number of hydrogen-bond donors (Lipinski definition) is 1. The predicted octanol–water partition coefficient (Wildman–Crippen LogP) is 3.30.